The molecule has 166 valence electrons. The molecule has 1 aromatic heterocycles. The maximum absolute atomic E-state index is 12.8. The van der Waals surface area contributed by atoms with Crippen LogP contribution in [-0.4, -0.2) is 26.9 Å². The van der Waals surface area contributed by atoms with E-state index in [1.54, 1.807) is 12.4 Å². The molecule has 0 saturated carbocycles. The third kappa shape index (κ3) is 7.82. The summed E-state index contributed by atoms with van der Waals surface area (Å²) in [5.41, 5.74) is 3.99. The van der Waals surface area contributed by atoms with Gasteiger partial charge < -0.3 is 5.48 Å². The van der Waals surface area contributed by atoms with Gasteiger partial charge >= 0.3 is 0 Å². The Bertz CT molecular complexity index is 1050. The standard InChI is InChI=1S/C25H26N4OS.H2O/c26-20-28-23(18-21-10-9-16-27-19-21)13-5-2-8-17-29-31(30)25-15-7-6-14-24(25)22-11-3-1-4-12-22;/h1,3-4,6-7,9-12,14-16,19,29H,2,5,8,13,17-18H2;1H2. The Morgan fingerprint density at radius 1 is 1.00 bits per heavy atom. The Kier molecular flexibility index (Phi) is 11.0. The van der Waals surface area contributed by atoms with Crippen molar-refractivity contribution in [3.05, 3.63) is 84.7 Å². The lowest BCUT2D eigenvalue weighted by atomic mass is 10.0. The first kappa shape index (κ1) is 25.1. The van der Waals surface area contributed by atoms with Crippen molar-refractivity contribution in [1.29, 1.82) is 5.26 Å². The number of benzene rings is 2. The first-order chi connectivity index (χ1) is 15.3. The monoisotopic (exact) mass is 448 g/mol. The van der Waals surface area contributed by atoms with Crippen molar-refractivity contribution in [2.45, 2.75) is 37.0 Å². The molecule has 0 saturated heterocycles. The van der Waals surface area contributed by atoms with Crippen molar-refractivity contribution < 1.29 is 9.69 Å². The zero-order chi connectivity index (χ0) is 21.7. The second-order valence-corrected chi connectivity index (χ2v) is 8.42. The average molecular weight is 449 g/mol. The second-order valence-electron chi connectivity index (χ2n) is 7.15. The highest BCUT2D eigenvalue weighted by atomic mass is 32.2. The summed E-state index contributed by atoms with van der Waals surface area (Å²) in [5, 5.41) is 8.93. The third-order valence-corrected chi connectivity index (χ3v) is 6.11. The Labute approximate surface area is 192 Å². The number of hydrogen-bond acceptors (Lipinski definition) is 4. The van der Waals surface area contributed by atoms with Gasteiger partial charge in [-0.2, -0.15) is 10.3 Å². The molecule has 6 nitrogen and oxygen atoms in total. The van der Waals surface area contributed by atoms with Crippen molar-refractivity contribution in [2.24, 2.45) is 4.99 Å². The van der Waals surface area contributed by atoms with Crippen LogP contribution >= 0.6 is 0 Å². The van der Waals surface area contributed by atoms with Gasteiger partial charge in [0.25, 0.3) is 0 Å². The number of nitriles is 1. The highest BCUT2D eigenvalue weighted by Crippen LogP contribution is 2.25. The van der Waals surface area contributed by atoms with E-state index in [1.165, 1.54) is 0 Å². The summed E-state index contributed by atoms with van der Waals surface area (Å²) in [6.45, 7) is 0.670. The van der Waals surface area contributed by atoms with Gasteiger partial charge in [0.05, 0.1) is 4.90 Å². The van der Waals surface area contributed by atoms with Crippen LogP contribution in [0.25, 0.3) is 11.1 Å². The molecule has 0 fully saturated rings. The number of nitrogens with zero attached hydrogens (tertiary/aromatic N) is 3. The number of pyridine rings is 1. The third-order valence-electron chi connectivity index (χ3n) is 4.89. The molecule has 3 aromatic rings. The second kappa shape index (κ2) is 14.0. The van der Waals surface area contributed by atoms with Gasteiger partial charge in [0.15, 0.2) is 0 Å². The summed E-state index contributed by atoms with van der Waals surface area (Å²) in [5.74, 6) is 0. The molecule has 0 spiro atoms. The molecule has 0 radical (unpaired) electrons. The maximum atomic E-state index is 12.8. The molecule has 0 aliphatic heterocycles. The zero-order valence-corrected chi connectivity index (χ0v) is 18.7. The van der Waals surface area contributed by atoms with Crippen molar-refractivity contribution in [3.8, 4) is 17.3 Å². The maximum Gasteiger partial charge on any atom is 0.205 e. The summed E-state index contributed by atoms with van der Waals surface area (Å²) in [6, 6.07) is 21.7. The van der Waals surface area contributed by atoms with Gasteiger partial charge in [-0.3, -0.25) is 4.98 Å². The number of hydrogen-bond donors (Lipinski definition) is 1. The van der Waals surface area contributed by atoms with E-state index in [0.717, 1.165) is 53.0 Å². The summed E-state index contributed by atoms with van der Waals surface area (Å²) in [6.07, 6.45) is 9.70. The quantitative estimate of drug-likeness (QED) is 0.269. The lowest BCUT2D eigenvalue weighted by Gasteiger charge is -2.10. The predicted octanol–water partition coefficient (Wildman–Crippen LogP) is 4.26. The number of aliphatic imine (C=N–C) groups is 1. The fourth-order valence-corrected chi connectivity index (χ4v) is 4.42. The Morgan fingerprint density at radius 3 is 2.53 bits per heavy atom. The molecule has 0 aliphatic rings. The van der Waals surface area contributed by atoms with Crippen LogP contribution in [0, 0.1) is 11.5 Å². The first-order valence-electron chi connectivity index (χ1n) is 10.4. The van der Waals surface area contributed by atoms with Gasteiger partial charge in [-0.1, -0.05) is 61.0 Å². The predicted molar refractivity (Wildman–Crippen MR) is 129 cm³/mol. The molecule has 0 bridgehead atoms. The van der Waals surface area contributed by atoms with Crippen molar-refractivity contribution in [2.75, 3.05) is 6.54 Å². The summed E-state index contributed by atoms with van der Waals surface area (Å²) >= 11 is 0. The lowest BCUT2D eigenvalue weighted by Crippen LogP contribution is -2.19. The molecular formula is C25H28N4O2S. The van der Waals surface area contributed by atoms with Gasteiger partial charge in [0, 0.05) is 31.1 Å². The van der Waals surface area contributed by atoms with Crippen molar-refractivity contribution in [3.63, 3.8) is 0 Å². The van der Waals surface area contributed by atoms with Crippen LogP contribution in [0.5, 0.6) is 0 Å². The lowest BCUT2D eigenvalue weighted by molar-refractivity contribution is 0.652. The number of nitrogens with one attached hydrogen (secondary N) is 1. The van der Waals surface area contributed by atoms with Gasteiger partial charge in [-0.25, -0.2) is 8.93 Å². The molecule has 7 heteroatoms. The Hall–Kier alpha value is -3.18. The SMILES string of the molecule is N#CN=C(CCCCCNS(=O)c1ccccc1-c1ccccc1)Cc1cccnc1.O. The van der Waals surface area contributed by atoms with Gasteiger partial charge in [0.1, 0.15) is 11.0 Å². The van der Waals surface area contributed by atoms with Crippen LogP contribution in [-0.2, 0) is 17.4 Å². The fourth-order valence-electron chi connectivity index (χ4n) is 3.35. The summed E-state index contributed by atoms with van der Waals surface area (Å²) in [4.78, 5) is 8.88. The normalized spacial score (nSPS) is 11.9. The van der Waals surface area contributed by atoms with Crippen LogP contribution in [0.15, 0.2) is 89.0 Å². The largest absolute Gasteiger partial charge is 0.412 e. The van der Waals surface area contributed by atoms with E-state index in [0.29, 0.717) is 13.0 Å². The van der Waals surface area contributed by atoms with Crippen molar-refractivity contribution >= 4 is 16.7 Å². The molecule has 32 heavy (non-hydrogen) atoms. The smallest absolute Gasteiger partial charge is 0.205 e. The minimum atomic E-state index is -1.26. The van der Waals surface area contributed by atoms with Gasteiger partial charge in [0.2, 0.25) is 6.19 Å². The number of aromatic nitrogens is 1. The molecule has 0 amide bonds. The topological polar surface area (TPSA) is 110 Å². The molecule has 1 atom stereocenters. The Morgan fingerprint density at radius 2 is 1.78 bits per heavy atom. The molecule has 1 heterocycles. The Balaban J connectivity index is 0.00000363. The van der Waals surface area contributed by atoms with E-state index >= 15 is 0 Å². The molecule has 2 aromatic carbocycles. The van der Waals surface area contributed by atoms with Gasteiger partial charge in [-0.05, 0) is 48.1 Å². The molecule has 3 N–H and O–H groups in total. The average Bonchev–Trinajstić information content (AvgIpc) is 2.82. The number of unbranched alkanes of at least 4 members (excludes halogenated alkanes) is 2. The van der Waals surface area contributed by atoms with Crippen LogP contribution < -0.4 is 4.72 Å². The van der Waals surface area contributed by atoms with E-state index in [-0.39, 0.29) is 5.48 Å². The number of rotatable bonds is 11. The fraction of sp³-hybridized carbons (Fsp3) is 0.240. The van der Waals surface area contributed by atoms with E-state index in [9.17, 15) is 4.21 Å². The zero-order valence-electron chi connectivity index (χ0n) is 17.9. The molecule has 0 aliphatic carbocycles. The highest BCUT2D eigenvalue weighted by molar-refractivity contribution is 7.83. The minimum absolute atomic E-state index is 0. The van der Waals surface area contributed by atoms with E-state index < -0.39 is 11.0 Å². The van der Waals surface area contributed by atoms with Crippen LogP contribution in [0.1, 0.15) is 31.2 Å². The van der Waals surface area contributed by atoms with E-state index in [4.69, 9.17) is 5.26 Å². The molecule has 1 unspecified atom stereocenters. The van der Waals surface area contributed by atoms with E-state index in [2.05, 4.69) is 14.7 Å². The molecule has 3 rings (SSSR count). The minimum Gasteiger partial charge on any atom is -0.412 e. The van der Waals surface area contributed by atoms with Crippen molar-refractivity contribution in [1.82, 2.24) is 9.71 Å². The molecular weight excluding hydrogens is 420 g/mol. The van der Waals surface area contributed by atoms with Crippen LogP contribution in [0.2, 0.25) is 0 Å². The first-order valence-corrected chi connectivity index (χ1v) is 11.6. The van der Waals surface area contributed by atoms with Crippen LogP contribution in [0.4, 0.5) is 0 Å². The van der Waals surface area contributed by atoms with E-state index in [1.807, 2.05) is 72.9 Å². The van der Waals surface area contributed by atoms with Gasteiger partial charge in [-0.15, -0.1) is 0 Å². The highest BCUT2D eigenvalue weighted by Gasteiger charge is 2.10. The van der Waals surface area contributed by atoms with Crippen LogP contribution in [0.3, 0.4) is 0 Å². The summed E-state index contributed by atoms with van der Waals surface area (Å²) in [7, 11) is -1.26. The summed E-state index contributed by atoms with van der Waals surface area (Å²) < 4.78 is 16.0.